The first-order chi connectivity index (χ1) is 12.8. The molecule has 2 aliphatic carbocycles. The van der Waals surface area contributed by atoms with E-state index in [1.165, 1.54) is 4.90 Å². The molecule has 0 aromatic carbocycles. The third-order valence-corrected chi connectivity index (χ3v) is 8.18. The molecule has 2 saturated carbocycles. The van der Waals surface area contributed by atoms with Crippen molar-refractivity contribution in [3.63, 3.8) is 0 Å². The van der Waals surface area contributed by atoms with Crippen molar-refractivity contribution in [3.8, 4) is 0 Å². The third kappa shape index (κ3) is 3.20. The highest BCUT2D eigenvalue weighted by molar-refractivity contribution is 8.03. The smallest absolute Gasteiger partial charge is 0.353 e. The van der Waals surface area contributed by atoms with Crippen LogP contribution >= 0.6 is 11.8 Å². The first kappa shape index (κ1) is 19.2. The maximum Gasteiger partial charge on any atom is 0.353 e. The van der Waals surface area contributed by atoms with Crippen molar-refractivity contribution >= 4 is 23.6 Å². The summed E-state index contributed by atoms with van der Waals surface area (Å²) >= 11 is 1.62. The van der Waals surface area contributed by atoms with Gasteiger partial charge in [0.1, 0.15) is 5.70 Å². The van der Waals surface area contributed by atoms with Crippen molar-refractivity contribution in [1.29, 1.82) is 0 Å². The predicted molar refractivity (Wildman–Crippen MR) is 103 cm³/mol. The van der Waals surface area contributed by atoms with Crippen molar-refractivity contribution in [3.05, 3.63) is 10.6 Å². The Morgan fingerprint density at radius 2 is 2.00 bits per heavy atom. The Hall–Kier alpha value is -1.09. The lowest BCUT2D eigenvalue weighted by Crippen LogP contribution is -2.63. The Morgan fingerprint density at radius 3 is 2.56 bits per heavy atom. The van der Waals surface area contributed by atoms with Gasteiger partial charge in [0.2, 0.25) is 5.91 Å². The number of aliphatic carboxylic acids is 1. The first-order valence-electron chi connectivity index (χ1n) is 9.94. The highest BCUT2D eigenvalue weighted by Gasteiger charge is 2.60. The fourth-order valence-electron chi connectivity index (χ4n) is 5.16. The number of carboxylic acids is 1. The van der Waals surface area contributed by atoms with E-state index in [1.54, 1.807) is 18.7 Å². The highest BCUT2D eigenvalue weighted by atomic mass is 32.2. The van der Waals surface area contributed by atoms with E-state index in [0.717, 1.165) is 37.0 Å². The van der Waals surface area contributed by atoms with E-state index in [4.69, 9.17) is 5.73 Å². The molecule has 4 aliphatic rings. The largest absolute Gasteiger partial charge is 0.477 e. The molecule has 3 fully saturated rings. The lowest BCUT2D eigenvalue weighted by Gasteiger charge is -2.46. The Kier molecular flexibility index (Phi) is 5.03. The van der Waals surface area contributed by atoms with Crippen LogP contribution in [0.5, 0.6) is 0 Å². The van der Waals surface area contributed by atoms with Crippen LogP contribution in [0, 0.1) is 11.8 Å². The summed E-state index contributed by atoms with van der Waals surface area (Å²) in [6, 6.07) is 1.09. The summed E-state index contributed by atoms with van der Waals surface area (Å²) in [5, 5.41) is 23.7. The first-order valence-corrected chi connectivity index (χ1v) is 10.8. The minimum atomic E-state index is -1.04. The number of rotatable bonds is 6. The van der Waals surface area contributed by atoms with Crippen LogP contribution < -0.4 is 11.1 Å². The summed E-state index contributed by atoms with van der Waals surface area (Å²) in [5.41, 5.74) is 6.11. The second-order valence-electron chi connectivity index (χ2n) is 8.62. The number of fused-ring (bicyclic) bond motifs is 1. The second-order valence-corrected chi connectivity index (χ2v) is 9.96. The maximum absolute atomic E-state index is 12.4. The van der Waals surface area contributed by atoms with Crippen molar-refractivity contribution < 1.29 is 19.8 Å². The van der Waals surface area contributed by atoms with E-state index in [2.05, 4.69) is 5.32 Å². The van der Waals surface area contributed by atoms with Gasteiger partial charge in [-0.2, -0.15) is 0 Å². The molecule has 4 rings (SSSR count). The van der Waals surface area contributed by atoms with Gasteiger partial charge in [0.25, 0.3) is 0 Å². The fraction of sp³-hybridized carbons (Fsp3) is 0.789. The molecular formula is C19H29N3O4S. The molecule has 6 atom stereocenters. The number of nitrogens with two attached hydrogens (primary N) is 1. The highest BCUT2D eigenvalue weighted by Crippen LogP contribution is 2.53. The number of carbonyl (C=O) groups excluding carboxylic acids is 1. The van der Waals surface area contributed by atoms with Gasteiger partial charge in [-0.05, 0) is 39.0 Å². The number of aliphatic hydroxyl groups excluding tert-OH is 1. The Balaban J connectivity index is 1.39. The molecule has 7 nitrogen and oxygen atoms in total. The Morgan fingerprint density at radius 1 is 1.30 bits per heavy atom. The van der Waals surface area contributed by atoms with Crippen LogP contribution in [0.4, 0.5) is 0 Å². The Labute approximate surface area is 163 Å². The zero-order valence-electron chi connectivity index (χ0n) is 15.8. The topological polar surface area (TPSA) is 116 Å². The van der Waals surface area contributed by atoms with Gasteiger partial charge in [-0.25, -0.2) is 4.79 Å². The van der Waals surface area contributed by atoms with Crippen LogP contribution in [-0.2, 0) is 9.59 Å². The number of carbonyl (C=O) groups is 2. The second kappa shape index (κ2) is 7.06. The van der Waals surface area contributed by atoms with Crippen molar-refractivity contribution in [2.24, 2.45) is 17.6 Å². The molecule has 0 unspecified atom stereocenters. The predicted octanol–water partition coefficient (Wildman–Crippen LogP) is 0.874. The van der Waals surface area contributed by atoms with Crippen LogP contribution in [0.3, 0.4) is 0 Å². The summed E-state index contributed by atoms with van der Waals surface area (Å²) in [5.74, 6) is -1.84. The van der Waals surface area contributed by atoms with Gasteiger partial charge in [-0.1, -0.05) is 6.92 Å². The van der Waals surface area contributed by atoms with Gasteiger partial charge in [0.15, 0.2) is 0 Å². The number of nitrogens with one attached hydrogen (secondary N) is 1. The molecule has 0 aromatic rings. The van der Waals surface area contributed by atoms with E-state index >= 15 is 0 Å². The van der Waals surface area contributed by atoms with E-state index in [9.17, 15) is 19.8 Å². The molecule has 2 aliphatic heterocycles. The summed E-state index contributed by atoms with van der Waals surface area (Å²) in [7, 11) is 0. The fourth-order valence-corrected chi connectivity index (χ4v) is 6.82. The minimum Gasteiger partial charge on any atom is -0.477 e. The van der Waals surface area contributed by atoms with E-state index < -0.39 is 18.0 Å². The number of carboxylic acid groups (broad SMARTS) is 1. The molecule has 0 bridgehead atoms. The van der Waals surface area contributed by atoms with E-state index in [0.29, 0.717) is 23.4 Å². The maximum atomic E-state index is 12.4. The average Bonchev–Trinajstić information content (AvgIpc) is 3.05. The molecule has 8 heteroatoms. The number of thioether (sulfide) groups is 1. The average molecular weight is 396 g/mol. The van der Waals surface area contributed by atoms with Crippen molar-refractivity contribution in [2.75, 3.05) is 0 Å². The normalized spacial score (nSPS) is 42.0. The van der Waals surface area contributed by atoms with Crippen molar-refractivity contribution in [2.45, 2.75) is 81.5 Å². The molecule has 0 spiro atoms. The number of hydrogen-bond acceptors (Lipinski definition) is 6. The third-order valence-electron chi connectivity index (χ3n) is 6.64. The molecule has 5 N–H and O–H groups in total. The lowest BCUT2D eigenvalue weighted by molar-refractivity contribution is -0.163. The molecular weight excluding hydrogens is 366 g/mol. The van der Waals surface area contributed by atoms with E-state index in [-0.39, 0.29) is 23.6 Å². The van der Waals surface area contributed by atoms with Crippen LogP contribution in [0.2, 0.25) is 0 Å². The minimum absolute atomic E-state index is 0.0433. The molecule has 2 heterocycles. The molecule has 1 saturated heterocycles. The number of nitrogens with zero attached hydrogens (tertiary/aromatic N) is 1. The van der Waals surface area contributed by atoms with Gasteiger partial charge < -0.3 is 26.2 Å². The summed E-state index contributed by atoms with van der Waals surface area (Å²) < 4.78 is 0. The zero-order valence-corrected chi connectivity index (χ0v) is 16.6. The van der Waals surface area contributed by atoms with Gasteiger partial charge in [0, 0.05) is 34.2 Å². The Bertz CT molecular complexity index is 676. The molecule has 150 valence electrons. The van der Waals surface area contributed by atoms with Crippen LogP contribution in [0.1, 0.15) is 46.0 Å². The number of β-lactam (4-membered cyclic amide) rings is 1. The zero-order chi connectivity index (χ0) is 19.5. The van der Waals surface area contributed by atoms with Gasteiger partial charge in [0.05, 0.1) is 18.1 Å². The van der Waals surface area contributed by atoms with Crippen LogP contribution in [0.25, 0.3) is 0 Å². The number of aliphatic hydroxyl groups is 1. The standard InChI is InChI=1S/C19H29N3O4S/c1-8-15-14(9(2)23)18(24)22(15)16(19(25)26)17(8)27-13-6-12(7-13)21-11-4-3-10(20)5-11/h8-15,21,23H,3-7,20H2,1-2H3,(H,25,26)/t8-,9-,10+,11-,12?,13?,14-,15-/m1/s1. The lowest BCUT2D eigenvalue weighted by atomic mass is 9.79. The van der Waals surface area contributed by atoms with Crippen molar-refractivity contribution in [1.82, 2.24) is 10.2 Å². The van der Waals surface area contributed by atoms with E-state index in [1.807, 2.05) is 6.92 Å². The molecule has 0 aromatic heterocycles. The summed E-state index contributed by atoms with van der Waals surface area (Å²) in [6.45, 7) is 3.58. The van der Waals surface area contributed by atoms with Crippen LogP contribution in [-0.4, -0.2) is 62.5 Å². The summed E-state index contributed by atoms with van der Waals surface area (Å²) in [4.78, 5) is 26.4. The number of amides is 1. The number of hydrogen-bond donors (Lipinski definition) is 4. The van der Waals surface area contributed by atoms with Gasteiger partial charge >= 0.3 is 5.97 Å². The monoisotopic (exact) mass is 395 g/mol. The molecule has 1 amide bonds. The van der Waals surface area contributed by atoms with Gasteiger partial charge in [-0.15, -0.1) is 11.8 Å². The molecule has 0 radical (unpaired) electrons. The quantitative estimate of drug-likeness (QED) is 0.493. The van der Waals surface area contributed by atoms with Gasteiger partial charge in [-0.3, -0.25) is 4.79 Å². The SMILES string of the molecule is C[C@@H](O)[C@H]1C(=O)N2C(C(=O)O)=C(SC3CC(N[C@@H]4CC[C@H](N)C4)C3)[C@H](C)[C@H]12. The molecule has 27 heavy (non-hydrogen) atoms. The van der Waals surface area contributed by atoms with Crippen LogP contribution in [0.15, 0.2) is 10.6 Å². The summed E-state index contributed by atoms with van der Waals surface area (Å²) in [6.07, 6.45) is 4.54.